The van der Waals surface area contributed by atoms with Gasteiger partial charge in [-0.25, -0.2) is 0 Å². The molecule has 0 radical (unpaired) electrons. The molecule has 0 saturated heterocycles. The number of alkyl halides is 2. The zero-order chi connectivity index (χ0) is 15.3. The average Bonchev–Trinajstić information content (AvgIpc) is 2.72. The Labute approximate surface area is 120 Å². The first kappa shape index (κ1) is 14.4. The fourth-order valence-electron chi connectivity index (χ4n) is 3.02. The van der Waals surface area contributed by atoms with Crippen molar-refractivity contribution in [2.24, 2.45) is 0 Å². The summed E-state index contributed by atoms with van der Waals surface area (Å²) in [7, 11) is 0. The number of aliphatic hydroxyl groups is 2. The molecule has 114 valence electrons. The van der Waals surface area contributed by atoms with E-state index in [0.717, 1.165) is 5.56 Å². The Kier molecular flexibility index (Phi) is 3.26. The number of amides is 1. The number of benzene rings is 1. The van der Waals surface area contributed by atoms with E-state index in [2.05, 4.69) is 5.32 Å². The number of rotatable bonds is 3. The van der Waals surface area contributed by atoms with Crippen molar-refractivity contribution in [2.75, 3.05) is 0 Å². The van der Waals surface area contributed by atoms with Gasteiger partial charge in [0.2, 0.25) is 0 Å². The predicted octanol–water partition coefficient (Wildman–Crippen LogP) is 1.31. The van der Waals surface area contributed by atoms with Crippen molar-refractivity contribution in [2.45, 2.75) is 49.4 Å². The minimum absolute atomic E-state index is 0.0861. The van der Waals surface area contributed by atoms with Crippen LogP contribution in [0.5, 0.6) is 0 Å². The van der Waals surface area contributed by atoms with E-state index < -0.39 is 29.6 Å². The van der Waals surface area contributed by atoms with Crippen LogP contribution < -0.4 is 5.32 Å². The molecule has 4 nitrogen and oxygen atoms in total. The van der Waals surface area contributed by atoms with E-state index in [0.29, 0.717) is 18.4 Å². The van der Waals surface area contributed by atoms with Crippen LogP contribution in [0.2, 0.25) is 0 Å². The maximum absolute atomic E-state index is 14.1. The number of hydrogen-bond acceptors (Lipinski definition) is 3. The van der Waals surface area contributed by atoms with Gasteiger partial charge in [-0.1, -0.05) is 24.3 Å². The van der Waals surface area contributed by atoms with Crippen molar-refractivity contribution in [3.05, 3.63) is 35.4 Å². The number of aliphatic hydroxyl groups excluding tert-OH is 1. The lowest BCUT2D eigenvalue weighted by atomic mass is 9.75. The van der Waals surface area contributed by atoms with E-state index in [1.807, 2.05) is 0 Å². The summed E-state index contributed by atoms with van der Waals surface area (Å²) in [6.07, 6.45) is -0.308. The van der Waals surface area contributed by atoms with Crippen molar-refractivity contribution in [1.29, 1.82) is 0 Å². The zero-order valence-corrected chi connectivity index (χ0v) is 11.4. The smallest absolute Gasteiger partial charge is 0.352 e. The molecule has 0 bridgehead atoms. The third kappa shape index (κ3) is 2.13. The lowest BCUT2D eigenvalue weighted by Gasteiger charge is -2.41. The molecule has 3 N–H and O–H groups in total. The predicted molar refractivity (Wildman–Crippen MR) is 70.8 cm³/mol. The van der Waals surface area contributed by atoms with Crippen LogP contribution in [-0.2, 0) is 11.2 Å². The van der Waals surface area contributed by atoms with Crippen molar-refractivity contribution in [1.82, 2.24) is 5.32 Å². The molecule has 1 saturated carbocycles. The largest absolute Gasteiger partial charge is 0.390 e. The molecule has 0 aliphatic heterocycles. The van der Waals surface area contributed by atoms with Crippen LogP contribution in [0.1, 0.15) is 36.4 Å². The molecule has 2 aliphatic carbocycles. The van der Waals surface area contributed by atoms with Crippen LogP contribution in [0.25, 0.3) is 0 Å². The van der Waals surface area contributed by atoms with E-state index >= 15 is 0 Å². The first-order valence-corrected chi connectivity index (χ1v) is 7.02. The van der Waals surface area contributed by atoms with Gasteiger partial charge in [-0.2, -0.15) is 8.78 Å². The molecule has 3 rings (SSSR count). The molecule has 0 spiro atoms. The fraction of sp³-hybridized carbons (Fsp3) is 0.533. The van der Waals surface area contributed by atoms with Crippen LogP contribution in [0.15, 0.2) is 24.3 Å². The fourth-order valence-corrected chi connectivity index (χ4v) is 3.02. The number of nitrogens with one attached hydrogen (secondary N) is 1. The molecule has 1 aromatic carbocycles. The Morgan fingerprint density at radius 3 is 2.62 bits per heavy atom. The van der Waals surface area contributed by atoms with Gasteiger partial charge in [-0.3, -0.25) is 4.79 Å². The Morgan fingerprint density at radius 1 is 1.33 bits per heavy atom. The molecule has 1 amide bonds. The summed E-state index contributed by atoms with van der Waals surface area (Å²) >= 11 is 0. The summed E-state index contributed by atoms with van der Waals surface area (Å²) in [6, 6.07) is 6.16. The average molecular weight is 297 g/mol. The van der Waals surface area contributed by atoms with E-state index in [1.54, 1.807) is 24.3 Å². The molecule has 2 atom stereocenters. The van der Waals surface area contributed by atoms with E-state index in [9.17, 15) is 23.8 Å². The van der Waals surface area contributed by atoms with Crippen molar-refractivity contribution in [3.63, 3.8) is 0 Å². The van der Waals surface area contributed by atoms with Crippen LogP contribution in [0, 0.1) is 0 Å². The highest BCUT2D eigenvalue weighted by molar-refractivity contribution is 5.85. The molecule has 1 fully saturated rings. The van der Waals surface area contributed by atoms with Gasteiger partial charge in [0.05, 0.1) is 12.1 Å². The standard InChI is InChI=1S/C15H17F2NO3/c16-15(17,14(21)6-3-7-14)13(20)18-12-10-5-2-1-4-9(10)8-11(12)19/h1-2,4-5,11-12,19,21H,3,6-8H2,(H,18,20). The first-order valence-electron chi connectivity index (χ1n) is 7.02. The van der Waals surface area contributed by atoms with Crippen LogP contribution >= 0.6 is 0 Å². The minimum Gasteiger partial charge on any atom is -0.390 e. The molecule has 0 aromatic heterocycles. The number of halogens is 2. The SMILES string of the molecule is O=C(NC1c2ccccc2CC1O)C(F)(F)C1(O)CCC1. The highest BCUT2D eigenvalue weighted by atomic mass is 19.3. The maximum atomic E-state index is 14.1. The van der Waals surface area contributed by atoms with Gasteiger partial charge in [0, 0.05) is 6.42 Å². The highest BCUT2D eigenvalue weighted by Crippen LogP contribution is 2.45. The van der Waals surface area contributed by atoms with Crippen molar-refractivity contribution in [3.8, 4) is 0 Å². The van der Waals surface area contributed by atoms with E-state index in [-0.39, 0.29) is 12.8 Å². The van der Waals surface area contributed by atoms with Gasteiger partial charge in [0.1, 0.15) is 5.60 Å². The lowest BCUT2D eigenvalue weighted by Crippen LogP contribution is -2.61. The summed E-state index contributed by atoms with van der Waals surface area (Å²) in [5, 5.41) is 21.9. The molecule has 21 heavy (non-hydrogen) atoms. The topological polar surface area (TPSA) is 69.6 Å². The molecule has 1 aromatic rings. The van der Waals surface area contributed by atoms with E-state index in [4.69, 9.17) is 0 Å². The molecule has 2 aliphatic rings. The zero-order valence-electron chi connectivity index (χ0n) is 11.4. The normalized spacial score (nSPS) is 26.9. The maximum Gasteiger partial charge on any atom is 0.352 e. The first-order chi connectivity index (χ1) is 9.85. The van der Waals surface area contributed by atoms with Crippen LogP contribution in [0.4, 0.5) is 8.78 Å². The molecule has 2 unspecified atom stereocenters. The highest BCUT2D eigenvalue weighted by Gasteiger charge is 2.61. The summed E-state index contributed by atoms with van der Waals surface area (Å²) in [4.78, 5) is 11.9. The summed E-state index contributed by atoms with van der Waals surface area (Å²) in [5.41, 5.74) is -0.768. The lowest BCUT2D eigenvalue weighted by molar-refractivity contribution is -0.216. The number of hydrogen-bond donors (Lipinski definition) is 3. The van der Waals surface area contributed by atoms with Crippen molar-refractivity contribution >= 4 is 5.91 Å². The van der Waals surface area contributed by atoms with Crippen LogP contribution in [-0.4, -0.2) is 33.7 Å². The molecular weight excluding hydrogens is 280 g/mol. The number of carbonyl (C=O) groups excluding carboxylic acids is 1. The third-order valence-electron chi connectivity index (χ3n) is 4.54. The number of fused-ring (bicyclic) bond motifs is 1. The van der Waals surface area contributed by atoms with Gasteiger partial charge in [-0.05, 0) is 30.4 Å². The molecule has 6 heteroatoms. The molecule has 0 heterocycles. The number of carbonyl (C=O) groups is 1. The molecular formula is C15H17F2NO3. The Bertz CT molecular complexity index is 572. The minimum atomic E-state index is -3.84. The Morgan fingerprint density at radius 2 is 2.00 bits per heavy atom. The Balaban J connectivity index is 1.79. The van der Waals surface area contributed by atoms with Gasteiger partial charge in [0.25, 0.3) is 5.91 Å². The second-order valence-electron chi connectivity index (χ2n) is 5.88. The van der Waals surface area contributed by atoms with Gasteiger partial charge >= 0.3 is 5.92 Å². The van der Waals surface area contributed by atoms with Gasteiger partial charge in [0.15, 0.2) is 0 Å². The van der Waals surface area contributed by atoms with Crippen LogP contribution in [0.3, 0.4) is 0 Å². The quantitative estimate of drug-likeness (QED) is 0.788. The summed E-state index contributed by atoms with van der Waals surface area (Å²) in [5.74, 6) is -5.37. The second-order valence-corrected chi connectivity index (χ2v) is 5.88. The van der Waals surface area contributed by atoms with Crippen molar-refractivity contribution < 1.29 is 23.8 Å². The Hall–Kier alpha value is -1.53. The monoisotopic (exact) mass is 297 g/mol. The third-order valence-corrected chi connectivity index (χ3v) is 4.54. The summed E-state index contributed by atoms with van der Waals surface area (Å²) < 4.78 is 28.1. The van der Waals surface area contributed by atoms with Gasteiger partial charge < -0.3 is 15.5 Å². The van der Waals surface area contributed by atoms with Gasteiger partial charge in [-0.15, -0.1) is 0 Å². The van der Waals surface area contributed by atoms with E-state index in [1.165, 1.54) is 0 Å². The summed E-state index contributed by atoms with van der Waals surface area (Å²) in [6.45, 7) is 0. The second kappa shape index (κ2) is 4.74.